The number of pyridine rings is 1. The van der Waals surface area contributed by atoms with E-state index in [2.05, 4.69) is 75.7 Å². The highest BCUT2D eigenvalue weighted by atomic mass is 16.5. The first-order valence-electron chi connectivity index (χ1n) is 13.4. The van der Waals surface area contributed by atoms with Gasteiger partial charge in [0, 0.05) is 24.2 Å². The molecule has 8 heteroatoms. The van der Waals surface area contributed by atoms with Crippen LogP contribution in [0, 0.1) is 0 Å². The molecule has 0 spiro atoms. The highest BCUT2D eigenvalue weighted by Crippen LogP contribution is 2.27. The van der Waals surface area contributed by atoms with Gasteiger partial charge in [-0.05, 0) is 75.7 Å². The first-order valence-corrected chi connectivity index (χ1v) is 13.4. The second kappa shape index (κ2) is 12.0. The Bertz CT molecular complexity index is 1580. The zero-order valence-corrected chi connectivity index (χ0v) is 22.7. The molecule has 1 N–H and O–H groups in total. The van der Waals surface area contributed by atoms with E-state index in [-0.39, 0.29) is 11.6 Å². The predicted molar refractivity (Wildman–Crippen MR) is 153 cm³/mol. The maximum atomic E-state index is 13.2. The molecule has 0 radical (unpaired) electrons. The lowest BCUT2D eigenvalue weighted by Crippen LogP contribution is -2.32. The number of aryl methyl sites for hydroxylation is 1. The van der Waals surface area contributed by atoms with Crippen molar-refractivity contribution in [2.75, 3.05) is 7.11 Å². The molecule has 5 rings (SSSR count). The average Bonchev–Trinajstić information content (AvgIpc) is 3.42. The van der Waals surface area contributed by atoms with E-state index in [1.807, 2.05) is 47.1 Å². The second-order valence-electron chi connectivity index (χ2n) is 9.76. The van der Waals surface area contributed by atoms with Gasteiger partial charge in [0.1, 0.15) is 5.75 Å². The fraction of sp³-hybridized carbons (Fsp3) is 0.290. The SMILES string of the molecule is CCc1ccc2[nH]c(=O)c(CN(Cc3ccc(OC)cc3)[C@@H](CC)c3nnnn3Cc3ccccc3)cc2c1. The molecular formula is C31H34N6O2. The van der Waals surface area contributed by atoms with Crippen molar-refractivity contribution in [2.24, 2.45) is 0 Å². The summed E-state index contributed by atoms with van der Waals surface area (Å²) in [4.78, 5) is 18.6. The number of rotatable bonds is 11. The highest BCUT2D eigenvalue weighted by Gasteiger charge is 2.26. The van der Waals surface area contributed by atoms with Gasteiger partial charge < -0.3 is 9.72 Å². The molecule has 0 bridgehead atoms. The summed E-state index contributed by atoms with van der Waals surface area (Å²) in [6.45, 7) is 5.91. The molecule has 0 aliphatic carbocycles. The van der Waals surface area contributed by atoms with E-state index in [0.717, 1.165) is 46.4 Å². The maximum Gasteiger partial charge on any atom is 0.252 e. The smallest absolute Gasteiger partial charge is 0.252 e. The monoisotopic (exact) mass is 522 g/mol. The number of nitrogens with one attached hydrogen (secondary N) is 1. The number of nitrogens with zero attached hydrogens (tertiary/aromatic N) is 5. The molecule has 0 aliphatic rings. The zero-order valence-electron chi connectivity index (χ0n) is 22.7. The zero-order chi connectivity index (χ0) is 27.2. The Hall–Kier alpha value is -4.30. The topological polar surface area (TPSA) is 88.9 Å². The Balaban J connectivity index is 1.52. The molecule has 8 nitrogen and oxygen atoms in total. The van der Waals surface area contributed by atoms with Crippen molar-refractivity contribution in [2.45, 2.75) is 52.4 Å². The second-order valence-corrected chi connectivity index (χ2v) is 9.76. The summed E-state index contributed by atoms with van der Waals surface area (Å²) in [6.07, 6.45) is 1.72. The Labute approximate surface area is 228 Å². The summed E-state index contributed by atoms with van der Waals surface area (Å²) in [6, 6.07) is 26.3. The molecule has 0 amide bonds. The van der Waals surface area contributed by atoms with E-state index in [9.17, 15) is 4.79 Å². The lowest BCUT2D eigenvalue weighted by atomic mass is 10.1. The van der Waals surface area contributed by atoms with E-state index in [0.29, 0.717) is 25.2 Å². The minimum absolute atomic E-state index is 0.0785. The highest BCUT2D eigenvalue weighted by molar-refractivity contribution is 5.79. The summed E-state index contributed by atoms with van der Waals surface area (Å²) in [5, 5.41) is 13.9. The van der Waals surface area contributed by atoms with Gasteiger partial charge in [-0.3, -0.25) is 9.69 Å². The van der Waals surface area contributed by atoms with Crippen molar-refractivity contribution < 1.29 is 4.74 Å². The lowest BCUT2D eigenvalue weighted by Gasteiger charge is -2.30. The Kier molecular flexibility index (Phi) is 8.13. The molecule has 5 aromatic rings. The van der Waals surface area contributed by atoms with E-state index in [4.69, 9.17) is 4.74 Å². The van der Waals surface area contributed by atoms with Gasteiger partial charge >= 0.3 is 0 Å². The van der Waals surface area contributed by atoms with Crippen LogP contribution in [-0.4, -0.2) is 37.2 Å². The van der Waals surface area contributed by atoms with Gasteiger partial charge in [0.05, 0.1) is 19.7 Å². The average molecular weight is 523 g/mol. The number of hydrogen-bond donors (Lipinski definition) is 1. The van der Waals surface area contributed by atoms with E-state index >= 15 is 0 Å². The standard InChI is InChI=1S/C31H34N6O2/c1-4-22-13-16-28-25(17-22)18-26(31(38)32-28)21-36(19-24-11-14-27(39-3)15-12-24)29(5-2)30-33-34-35-37(30)20-23-9-7-6-8-10-23/h6-18,29H,4-5,19-21H2,1-3H3,(H,32,38)/t29-/m0/s1. The molecule has 0 fully saturated rings. The van der Waals surface area contributed by atoms with Gasteiger partial charge in [-0.2, -0.15) is 0 Å². The van der Waals surface area contributed by atoms with Gasteiger partial charge in [-0.15, -0.1) is 5.10 Å². The molecule has 2 heterocycles. The van der Waals surface area contributed by atoms with E-state index < -0.39 is 0 Å². The molecule has 2 aromatic heterocycles. The first kappa shape index (κ1) is 26.3. The Morgan fingerprint density at radius 3 is 2.41 bits per heavy atom. The van der Waals surface area contributed by atoms with Crippen molar-refractivity contribution in [3.05, 3.63) is 117 Å². The number of fused-ring (bicyclic) bond motifs is 1. The third kappa shape index (κ3) is 6.07. The number of benzene rings is 3. The van der Waals surface area contributed by atoms with Crippen molar-refractivity contribution in [1.29, 1.82) is 0 Å². The van der Waals surface area contributed by atoms with Crippen LogP contribution in [0.5, 0.6) is 5.75 Å². The minimum atomic E-state index is -0.108. The summed E-state index contributed by atoms with van der Waals surface area (Å²) < 4.78 is 7.22. The van der Waals surface area contributed by atoms with Crippen LogP contribution in [0.2, 0.25) is 0 Å². The molecule has 0 saturated carbocycles. The van der Waals surface area contributed by atoms with Gasteiger partial charge in [0.2, 0.25) is 0 Å². The van der Waals surface area contributed by atoms with Gasteiger partial charge in [0.25, 0.3) is 5.56 Å². The molecule has 39 heavy (non-hydrogen) atoms. The number of methoxy groups -OCH3 is 1. The van der Waals surface area contributed by atoms with Crippen molar-refractivity contribution >= 4 is 10.9 Å². The van der Waals surface area contributed by atoms with Crippen LogP contribution in [0.3, 0.4) is 0 Å². The van der Waals surface area contributed by atoms with Crippen LogP contribution < -0.4 is 10.3 Å². The van der Waals surface area contributed by atoms with E-state index in [1.54, 1.807) is 7.11 Å². The normalized spacial score (nSPS) is 12.2. The molecule has 0 aliphatic heterocycles. The number of aromatic nitrogens is 5. The number of hydrogen-bond acceptors (Lipinski definition) is 6. The number of tetrazole rings is 1. The fourth-order valence-electron chi connectivity index (χ4n) is 5.02. The summed E-state index contributed by atoms with van der Waals surface area (Å²) in [5.74, 6) is 1.59. The summed E-state index contributed by atoms with van der Waals surface area (Å²) in [5.41, 5.74) is 4.96. The van der Waals surface area contributed by atoms with Gasteiger partial charge in [-0.25, -0.2) is 4.68 Å². The Morgan fingerprint density at radius 2 is 1.69 bits per heavy atom. The van der Waals surface area contributed by atoms with E-state index in [1.165, 1.54) is 5.56 Å². The quantitative estimate of drug-likeness (QED) is 0.254. The molecule has 0 unspecified atom stereocenters. The largest absolute Gasteiger partial charge is 0.497 e. The molecule has 0 saturated heterocycles. The molecule has 1 atom stereocenters. The van der Waals surface area contributed by atoms with Crippen LogP contribution in [0.1, 0.15) is 54.4 Å². The summed E-state index contributed by atoms with van der Waals surface area (Å²) in [7, 11) is 1.66. The maximum absolute atomic E-state index is 13.2. The predicted octanol–water partition coefficient (Wildman–Crippen LogP) is 5.29. The van der Waals surface area contributed by atoms with Crippen molar-refractivity contribution in [1.82, 2.24) is 30.1 Å². The van der Waals surface area contributed by atoms with Crippen LogP contribution in [-0.2, 0) is 26.1 Å². The Morgan fingerprint density at radius 1 is 0.923 bits per heavy atom. The first-order chi connectivity index (χ1) is 19.1. The van der Waals surface area contributed by atoms with Gasteiger partial charge in [0.15, 0.2) is 5.82 Å². The number of aromatic amines is 1. The van der Waals surface area contributed by atoms with Crippen LogP contribution in [0.4, 0.5) is 0 Å². The summed E-state index contributed by atoms with van der Waals surface area (Å²) >= 11 is 0. The van der Waals surface area contributed by atoms with Crippen molar-refractivity contribution in [3.63, 3.8) is 0 Å². The van der Waals surface area contributed by atoms with Crippen LogP contribution in [0.15, 0.2) is 83.7 Å². The fourth-order valence-corrected chi connectivity index (χ4v) is 5.02. The molecular weight excluding hydrogens is 488 g/mol. The lowest BCUT2D eigenvalue weighted by molar-refractivity contribution is 0.161. The third-order valence-corrected chi connectivity index (χ3v) is 7.17. The minimum Gasteiger partial charge on any atom is -0.497 e. The molecule has 200 valence electrons. The molecule has 3 aromatic carbocycles. The van der Waals surface area contributed by atoms with Gasteiger partial charge in [-0.1, -0.05) is 62.4 Å². The van der Waals surface area contributed by atoms with Crippen LogP contribution >= 0.6 is 0 Å². The van der Waals surface area contributed by atoms with Crippen LogP contribution in [0.25, 0.3) is 10.9 Å². The number of ether oxygens (including phenoxy) is 1. The van der Waals surface area contributed by atoms with Crippen molar-refractivity contribution in [3.8, 4) is 5.75 Å². The third-order valence-electron chi connectivity index (χ3n) is 7.17. The number of H-pyrrole nitrogens is 1.